The summed E-state index contributed by atoms with van der Waals surface area (Å²) in [4.78, 5) is 13.8. The van der Waals surface area contributed by atoms with Crippen LogP contribution in [0.4, 0.5) is 0 Å². The Morgan fingerprint density at radius 3 is 2.53 bits per heavy atom. The molecule has 5 heteroatoms. The lowest BCUT2D eigenvalue weighted by atomic mass is 10.1. The number of carbonyl (C=O) groups excluding carboxylic acids is 1. The molecule has 0 atom stereocenters. The predicted octanol–water partition coefficient (Wildman–Crippen LogP) is 2.47. The van der Waals surface area contributed by atoms with Crippen molar-refractivity contribution in [1.29, 1.82) is 0 Å². The SMILES string of the molecule is COC1CCN(C(=O)COc2ccc(Br)cc2)CC1. The molecule has 1 fully saturated rings. The molecular formula is C14H18BrNO3. The summed E-state index contributed by atoms with van der Waals surface area (Å²) in [5.74, 6) is 0.751. The zero-order valence-corrected chi connectivity index (χ0v) is 12.6. The summed E-state index contributed by atoms with van der Waals surface area (Å²) in [6, 6.07) is 7.47. The molecule has 19 heavy (non-hydrogen) atoms. The Hall–Kier alpha value is -1.07. The first kappa shape index (κ1) is 14.3. The number of methoxy groups -OCH3 is 1. The van der Waals surface area contributed by atoms with Gasteiger partial charge in [-0.2, -0.15) is 0 Å². The molecule has 4 nitrogen and oxygen atoms in total. The van der Waals surface area contributed by atoms with E-state index >= 15 is 0 Å². The molecule has 0 unspecified atom stereocenters. The number of amides is 1. The summed E-state index contributed by atoms with van der Waals surface area (Å²) >= 11 is 3.36. The Labute approximate surface area is 121 Å². The van der Waals surface area contributed by atoms with Crippen LogP contribution in [0, 0.1) is 0 Å². The summed E-state index contributed by atoms with van der Waals surface area (Å²) in [6.45, 7) is 1.60. The first-order valence-corrected chi connectivity index (χ1v) is 7.17. The maximum atomic E-state index is 12.0. The second-order valence-corrected chi connectivity index (χ2v) is 5.47. The molecule has 2 rings (SSSR count). The topological polar surface area (TPSA) is 38.8 Å². The van der Waals surface area contributed by atoms with Crippen LogP contribution in [0.2, 0.25) is 0 Å². The van der Waals surface area contributed by atoms with Crippen LogP contribution < -0.4 is 4.74 Å². The van der Waals surface area contributed by atoms with Crippen molar-refractivity contribution in [2.75, 3.05) is 26.8 Å². The van der Waals surface area contributed by atoms with Gasteiger partial charge in [-0.25, -0.2) is 0 Å². The van der Waals surface area contributed by atoms with Gasteiger partial charge >= 0.3 is 0 Å². The molecule has 1 aliphatic heterocycles. The number of piperidine rings is 1. The zero-order chi connectivity index (χ0) is 13.7. The molecule has 1 aliphatic rings. The highest BCUT2D eigenvalue weighted by molar-refractivity contribution is 9.10. The summed E-state index contributed by atoms with van der Waals surface area (Å²) in [7, 11) is 1.72. The molecule has 0 radical (unpaired) electrons. The number of hydrogen-bond acceptors (Lipinski definition) is 3. The minimum Gasteiger partial charge on any atom is -0.484 e. The van der Waals surface area contributed by atoms with Gasteiger partial charge in [-0.05, 0) is 37.1 Å². The van der Waals surface area contributed by atoms with Crippen molar-refractivity contribution in [2.45, 2.75) is 18.9 Å². The van der Waals surface area contributed by atoms with Crippen LogP contribution in [-0.2, 0) is 9.53 Å². The quantitative estimate of drug-likeness (QED) is 0.852. The van der Waals surface area contributed by atoms with Gasteiger partial charge in [-0.15, -0.1) is 0 Å². The maximum absolute atomic E-state index is 12.0. The normalized spacial score (nSPS) is 16.4. The third-order valence-electron chi connectivity index (χ3n) is 3.30. The lowest BCUT2D eigenvalue weighted by molar-refractivity contribution is -0.135. The average molecular weight is 328 g/mol. The number of rotatable bonds is 4. The van der Waals surface area contributed by atoms with Gasteiger partial charge < -0.3 is 14.4 Å². The largest absolute Gasteiger partial charge is 0.484 e. The van der Waals surface area contributed by atoms with Crippen LogP contribution in [0.5, 0.6) is 5.75 Å². The van der Waals surface area contributed by atoms with E-state index in [1.165, 1.54) is 0 Å². The van der Waals surface area contributed by atoms with Crippen molar-refractivity contribution in [3.8, 4) is 5.75 Å². The van der Waals surface area contributed by atoms with E-state index in [4.69, 9.17) is 9.47 Å². The van der Waals surface area contributed by atoms with E-state index in [2.05, 4.69) is 15.9 Å². The number of halogens is 1. The lowest BCUT2D eigenvalue weighted by Gasteiger charge is -2.31. The fraction of sp³-hybridized carbons (Fsp3) is 0.500. The number of benzene rings is 1. The summed E-state index contributed by atoms with van der Waals surface area (Å²) < 4.78 is 11.8. The van der Waals surface area contributed by atoms with Gasteiger partial charge in [0.05, 0.1) is 6.10 Å². The number of hydrogen-bond donors (Lipinski definition) is 0. The van der Waals surface area contributed by atoms with E-state index in [0.717, 1.165) is 30.4 Å². The van der Waals surface area contributed by atoms with Gasteiger partial charge in [0.1, 0.15) is 5.75 Å². The van der Waals surface area contributed by atoms with E-state index in [-0.39, 0.29) is 18.6 Å². The monoisotopic (exact) mass is 327 g/mol. The van der Waals surface area contributed by atoms with E-state index in [1.807, 2.05) is 29.2 Å². The van der Waals surface area contributed by atoms with Crippen molar-refractivity contribution in [1.82, 2.24) is 4.90 Å². The standard InChI is InChI=1S/C14H18BrNO3/c1-18-12-6-8-16(9-7-12)14(17)10-19-13-4-2-11(15)3-5-13/h2-5,12H,6-10H2,1H3. The minimum absolute atomic E-state index is 0.0393. The second-order valence-electron chi connectivity index (χ2n) is 4.56. The Morgan fingerprint density at radius 1 is 1.32 bits per heavy atom. The van der Waals surface area contributed by atoms with Crippen molar-refractivity contribution < 1.29 is 14.3 Å². The Kier molecular flexibility index (Phi) is 5.22. The van der Waals surface area contributed by atoms with Gasteiger partial charge in [-0.3, -0.25) is 4.79 Å². The van der Waals surface area contributed by atoms with Crippen molar-refractivity contribution in [3.05, 3.63) is 28.7 Å². The van der Waals surface area contributed by atoms with E-state index < -0.39 is 0 Å². The van der Waals surface area contributed by atoms with Gasteiger partial charge in [0, 0.05) is 24.7 Å². The molecule has 1 saturated heterocycles. The molecule has 1 amide bonds. The van der Waals surface area contributed by atoms with Crippen LogP contribution in [0.1, 0.15) is 12.8 Å². The first-order chi connectivity index (χ1) is 9.19. The summed E-state index contributed by atoms with van der Waals surface area (Å²) in [5, 5.41) is 0. The number of carbonyl (C=O) groups is 1. The highest BCUT2D eigenvalue weighted by Crippen LogP contribution is 2.17. The highest BCUT2D eigenvalue weighted by atomic mass is 79.9. The Morgan fingerprint density at radius 2 is 1.95 bits per heavy atom. The molecule has 0 spiro atoms. The third-order valence-corrected chi connectivity index (χ3v) is 3.83. The van der Waals surface area contributed by atoms with Crippen molar-refractivity contribution in [3.63, 3.8) is 0 Å². The minimum atomic E-state index is 0.0393. The van der Waals surface area contributed by atoms with Gasteiger partial charge in [0.15, 0.2) is 6.61 Å². The number of ether oxygens (including phenoxy) is 2. The van der Waals surface area contributed by atoms with E-state index in [0.29, 0.717) is 5.75 Å². The van der Waals surface area contributed by atoms with Crippen molar-refractivity contribution >= 4 is 21.8 Å². The molecule has 0 aliphatic carbocycles. The highest BCUT2D eigenvalue weighted by Gasteiger charge is 2.22. The van der Waals surface area contributed by atoms with Crippen LogP contribution in [-0.4, -0.2) is 43.7 Å². The van der Waals surface area contributed by atoms with Crippen LogP contribution >= 0.6 is 15.9 Å². The van der Waals surface area contributed by atoms with Crippen LogP contribution in [0.3, 0.4) is 0 Å². The smallest absolute Gasteiger partial charge is 0.260 e. The molecule has 0 saturated carbocycles. The lowest BCUT2D eigenvalue weighted by Crippen LogP contribution is -2.42. The molecule has 0 N–H and O–H groups in total. The fourth-order valence-corrected chi connectivity index (χ4v) is 2.37. The number of likely N-dealkylation sites (tertiary alicyclic amines) is 1. The summed E-state index contributed by atoms with van der Waals surface area (Å²) in [6.07, 6.45) is 2.09. The van der Waals surface area contributed by atoms with Crippen LogP contribution in [0.25, 0.3) is 0 Å². The van der Waals surface area contributed by atoms with Gasteiger partial charge in [0.2, 0.25) is 0 Å². The number of nitrogens with zero attached hydrogens (tertiary/aromatic N) is 1. The summed E-state index contributed by atoms with van der Waals surface area (Å²) in [5.41, 5.74) is 0. The molecule has 0 bridgehead atoms. The third kappa shape index (κ3) is 4.21. The Bertz CT molecular complexity index is 413. The van der Waals surface area contributed by atoms with Gasteiger partial charge in [-0.1, -0.05) is 15.9 Å². The Balaban J connectivity index is 1.77. The molecular weight excluding hydrogens is 310 g/mol. The van der Waals surface area contributed by atoms with Gasteiger partial charge in [0.25, 0.3) is 5.91 Å². The second kappa shape index (κ2) is 6.91. The first-order valence-electron chi connectivity index (χ1n) is 6.38. The molecule has 1 aromatic carbocycles. The van der Waals surface area contributed by atoms with E-state index in [9.17, 15) is 4.79 Å². The molecule has 0 aromatic heterocycles. The maximum Gasteiger partial charge on any atom is 0.260 e. The zero-order valence-electron chi connectivity index (χ0n) is 11.0. The predicted molar refractivity (Wildman–Crippen MR) is 76.2 cm³/mol. The fourth-order valence-electron chi connectivity index (χ4n) is 2.11. The molecule has 1 heterocycles. The molecule has 104 valence electrons. The van der Waals surface area contributed by atoms with E-state index in [1.54, 1.807) is 7.11 Å². The molecule has 1 aromatic rings. The van der Waals surface area contributed by atoms with Crippen LogP contribution in [0.15, 0.2) is 28.7 Å². The van der Waals surface area contributed by atoms with Crippen molar-refractivity contribution in [2.24, 2.45) is 0 Å². The average Bonchev–Trinajstić information content (AvgIpc) is 2.46.